The zero-order valence-electron chi connectivity index (χ0n) is 14.1. The number of halogens is 3. The van der Waals surface area contributed by atoms with Crippen LogP contribution in [0.5, 0.6) is 5.75 Å². The van der Waals surface area contributed by atoms with Crippen molar-refractivity contribution in [3.8, 4) is 5.75 Å². The van der Waals surface area contributed by atoms with Gasteiger partial charge in [0.05, 0.1) is 7.11 Å². The molecule has 0 fully saturated rings. The minimum Gasteiger partial charge on any atom is -0.497 e. The lowest BCUT2D eigenvalue weighted by Gasteiger charge is -2.27. The summed E-state index contributed by atoms with van der Waals surface area (Å²) in [4.78, 5) is 12.1. The molecular formula is C17H25Cl3N2O2. The predicted molar refractivity (Wildman–Crippen MR) is 102 cm³/mol. The molecule has 1 aromatic carbocycles. The zero-order chi connectivity index (χ0) is 18.0. The molecule has 1 rings (SSSR count). The van der Waals surface area contributed by atoms with Gasteiger partial charge < -0.3 is 15.4 Å². The molecule has 0 saturated carbocycles. The highest BCUT2D eigenvalue weighted by Crippen LogP contribution is 2.31. The van der Waals surface area contributed by atoms with E-state index >= 15 is 0 Å². The molecule has 0 heterocycles. The summed E-state index contributed by atoms with van der Waals surface area (Å²) in [5.41, 5.74) is 0.718. The first-order valence-electron chi connectivity index (χ1n) is 8.13. The summed E-state index contributed by atoms with van der Waals surface area (Å²) in [6, 6.07) is 7.15. The molecular weight excluding hydrogens is 371 g/mol. The van der Waals surface area contributed by atoms with Crippen LogP contribution < -0.4 is 15.4 Å². The normalized spacial score (nSPS) is 12.5. The highest BCUT2D eigenvalue weighted by Gasteiger charge is 2.33. The van der Waals surface area contributed by atoms with E-state index in [1.54, 1.807) is 31.4 Å². The van der Waals surface area contributed by atoms with Crippen molar-refractivity contribution >= 4 is 46.4 Å². The van der Waals surface area contributed by atoms with Crippen molar-refractivity contribution in [2.75, 3.05) is 12.4 Å². The summed E-state index contributed by atoms with van der Waals surface area (Å²) >= 11 is 17.9. The monoisotopic (exact) mass is 394 g/mol. The second kappa shape index (κ2) is 10.9. The average Bonchev–Trinajstić information content (AvgIpc) is 2.54. The van der Waals surface area contributed by atoms with Gasteiger partial charge in [-0.3, -0.25) is 4.79 Å². The maximum Gasteiger partial charge on any atom is 0.228 e. The van der Waals surface area contributed by atoms with Crippen LogP contribution in [-0.2, 0) is 4.79 Å². The first kappa shape index (κ1) is 21.2. The Labute approximate surface area is 159 Å². The maximum atomic E-state index is 12.1. The van der Waals surface area contributed by atoms with Crippen molar-refractivity contribution in [2.45, 2.75) is 55.4 Å². The van der Waals surface area contributed by atoms with Crippen LogP contribution in [0, 0.1) is 0 Å². The molecule has 7 heteroatoms. The summed E-state index contributed by atoms with van der Waals surface area (Å²) in [5.74, 6) is 0.589. The minimum absolute atomic E-state index is 0.135. The minimum atomic E-state index is -1.67. The zero-order valence-corrected chi connectivity index (χ0v) is 16.3. The molecule has 0 bridgehead atoms. The lowest BCUT2D eigenvalue weighted by atomic mass is 10.1. The lowest BCUT2D eigenvalue weighted by molar-refractivity contribution is -0.121. The quantitative estimate of drug-likeness (QED) is 0.322. The van der Waals surface area contributed by atoms with Crippen LogP contribution in [-0.4, -0.2) is 23.0 Å². The van der Waals surface area contributed by atoms with Gasteiger partial charge in [0.25, 0.3) is 0 Å². The first-order chi connectivity index (χ1) is 11.4. The van der Waals surface area contributed by atoms with Gasteiger partial charge in [0.1, 0.15) is 11.9 Å². The van der Waals surface area contributed by atoms with Crippen LogP contribution >= 0.6 is 34.8 Å². The van der Waals surface area contributed by atoms with Crippen molar-refractivity contribution in [3.05, 3.63) is 24.3 Å². The van der Waals surface area contributed by atoms with Crippen LogP contribution in [0.15, 0.2) is 24.3 Å². The van der Waals surface area contributed by atoms with Crippen LogP contribution in [0.25, 0.3) is 0 Å². The third-order valence-corrected chi connectivity index (χ3v) is 4.20. The third kappa shape index (κ3) is 8.32. The van der Waals surface area contributed by atoms with E-state index in [-0.39, 0.29) is 5.91 Å². The number of anilines is 1. The number of unbranched alkanes of at least 4 members (excludes halogenated alkanes) is 4. The summed E-state index contributed by atoms with van der Waals surface area (Å²) in [7, 11) is 1.59. The molecule has 1 atom stereocenters. The van der Waals surface area contributed by atoms with Gasteiger partial charge in [0, 0.05) is 12.1 Å². The molecule has 1 aromatic rings. The van der Waals surface area contributed by atoms with E-state index in [1.807, 2.05) is 0 Å². The van der Waals surface area contributed by atoms with E-state index in [1.165, 1.54) is 12.8 Å². The summed E-state index contributed by atoms with van der Waals surface area (Å²) in [6.45, 7) is 2.16. The maximum absolute atomic E-state index is 12.1. The number of alkyl halides is 3. The number of methoxy groups -OCH3 is 1. The van der Waals surface area contributed by atoms with Gasteiger partial charge in [0.15, 0.2) is 0 Å². The van der Waals surface area contributed by atoms with Gasteiger partial charge in [-0.05, 0) is 30.7 Å². The first-order valence-corrected chi connectivity index (χ1v) is 9.27. The number of benzene rings is 1. The topological polar surface area (TPSA) is 50.4 Å². The summed E-state index contributed by atoms with van der Waals surface area (Å²) < 4.78 is 3.43. The Morgan fingerprint density at radius 1 is 1.12 bits per heavy atom. The molecule has 136 valence electrons. The van der Waals surface area contributed by atoms with Gasteiger partial charge in [-0.2, -0.15) is 0 Å². The average molecular weight is 396 g/mol. The molecule has 24 heavy (non-hydrogen) atoms. The highest BCUT2D eigenvalue weighted by atomic mass is 35.6. The van der Waals surface area contributed by atoms with Crippen molar-refractivity contribution in [2.24, 2.45) is 0 Å². The lowest BCUT2D eigenvalue weighted by Crippen LogP contribution is -2.49. The van der Waals surface area contributed by atoms with Crippen LogP contribution in [0.1, 0.15) is 45.4 Å². The number of ether oxygens (including phenoxy) is 1. The Hall–Kier alpha value is -0.840. The number of amides is 1. The predicted octanol–water partition coefficient (Wildman–Crippen LogP) is 5.28. The van der Waals surface area contributed by atoms with Crippen molar-refractivity contribution in [1.82, 2.24) is 5.32 Å². The fourth-order valence-corrected chi connectivity index (χ4v) is 2.50. The van der Waals surface area contributed by atoms with Gasteiger partial charge in [0.2, 0.25) is 9.70 Å². The molecule has 0 saturated heterocycles. The standard InChI is InChI=1S/C17H25Cl3N2O2/c1-3-4-5-6-7-8-15(23)22-16(17(18,19)20)21-13-9-11-14(24-2)12-10-13/h9-12,16,21H,3-8H2,1-2H3,(H,22,23). The second-order valence-corrected chi connectivity index (χ2v) is 7.95. The van der Waals surface area contributed by atoms with E-state index in [9.17, 15) is 4.79 Å². The fourth-order valence-electron chi connectivity index (χ4n) is 2.18. The molecule has 4 nitrogen and oxygen atoms in total. The van der Waals surface area contributed by atoms with Gasteiger partial charge >= 0.3 is 0 Å². The van der Waals surface area contributed by atoms with Crippen LogP contribution in [0.3, 0.4) is 0 Å². The second-order valence-electron chi connectivity index (χ2n) is 5.58. The molecule has 1 unspecified atom stereocenters. The summed E-state index contributed by atoms with van der Waals surface area (Å²) in [6.07, 6.45) is 4.98. The van der Waals surface area contributed by atoms with Crippen molar-refractivity contribution in [3.63, 3.8) is 0 Å². The molecule has 0 radical (unpaired) electrons. The SMILES string of the molecule is CCCCCCCC(=O)NC(Nc1ccc(OC)cc1)C(Cl)(Cl)Cl. The number of nitrogens with one attached hydrogen (secondary N) is 2. The van der Waals surface area contributed by atoms with E-state index < -0.39 is 9.96 Å². The molecule has 0 aromatic heterocycles. The number of carbonyl (C=O) groups is 1. The van der Waals surface area contributed by atoms with E-state index in [0.29, 0.717) is 6.42 Å². The highest BCUT2D eigenvalue weighted by molar-refractivity contribution is 6.68. The Morgan fingerprint density at radius 3 is 2.29 bits per heavy atom. The Morgan fingerprint density at radius 2 is 1.75 bits per heavy atom. The molecule has 2 N–H and O–H groups in total. The molecule has 1 amide bonds. The van der Waals surface area contributed by atoms with Gasteiger partial charge in [-0.25, -0.2) is 0 Å². The Bertz CT molecular complexity index is 490. The number of hydrogen-bond acceptors (Lipinski definition) is 3. The van der Waals surface area contributed by atoms with Crippen LogP contribution in [0.4, 0.5) is 5.69 Å². The Balaban J connectivity index is 2.54. The molecule has 0 aliphatic heterocycles. The largest absolute Gasteiger partial charge is 0.497 e. The molecule has 0 aliphatic rings. The van der Waals surface area contributed by atoms with Crippen molar-refractivity contribution < 1.29 is 9.53 Å². The van der Waals surface area contributed by atoms with Crippen LogP contribution in [0.2, 0.25) is 0 Å². The van der Waals surface area contributed by atoms with Gasteiger partial charge in [-0.15, -0.1) is 0 Å². The number of rotatable bonds is 10. The Kier molecular flexibility index (Phi) is 9.64. The summed E-state index contributed by atoms with van der Waals surface area (Å²) in [5, 5.41) is 5.78. The molecule has 0 spiro atoms. The fraction of sp³-hybridized carbons (Fsp3) is 0.588. The van der Waals surface area contributed by atoms with Crippen molar-refractivity contribution in [1.29, 1.82) is 0 Å². The van der Waals surface area contributed by atoms with E-state index in [2.05, 4.69) is 17.6 Å². The smallest absolute Gasteiger partial charge is 0.228 e. The molecule has 0 aliphatic carbocycles. The van der Waals surface area contributed by atoms with E-state index in [0.717, 1.165) is 30.7 Å². The number of carbonyl (C=O) groups excluding carboxylic acids is 1. The third-order valence-electron chi connectivity index (χ3n) is 3.54. The van der Waals surface area contributed by atoms with E-state index in [4.69, 9.17) is 39.5 Å². The number of hydrogen-bond donors (Lipinski definition) is 2. The van der Waals surface area contributed by atoms with Gasteiger partial charge in [-0.1, -0.05) is 67.4 Å².